The molecule has 0 bridgehead atoms. The first-order valence-electron chi connectivity index (χ1n) is 15.2. The molecule has 0 saturated carbocycles. The number of sulfonamides is 1. The zero-order valence-corrected chi connectivity index (χ0v) is 28.9. The van der Waals surface area contributed by atoms with Crippen molar-refractivity contribution in [3.63, 3.8) is 0 Å². The number of benzene rings is 2. The number of aliphatic hydroxyl groups excluding tert-OH is 2. The molecule has 0 fully saturated rings. The monoisotopic (exact) mass is 688 g/mol. The number of aromatic nitrogens is 1. The number of aryl methyl sites for hydroxylation is 1. The molecule has 3 aromatic rings. The molecular weight excluding hydrogens is 645 g/mol. The molecule has 4 N–H and O–H groups in total. The van der Waals surface area contributed by atoms with E-state index < -0.39 is 46.3 Å². The molecule has 1 aromatic heterocycles. The zero-order chi connectivity index (χ0) is 34.7. The van der Waals surface area contributed by atoms with Crippen LogP contribution in [0.25, 0.3) is 0 Å². The topological polar surface area (TPSA) is 182 Å². The van der Waals surface area contributed by atoms with Crippen LogP contribution in [0.3, 0.4) is 0 Å². The van der Waals surface area contributed by atoms with Gasteiger partial charge in [-0.1, -0.05) is 61.5 Å². The summed E-state index contributed by atoms with van der Waals surface area (Å²) < 4.78 is 28.7. The predicted molar refractivity (Wildman–Crippen MR) is 180 cm³/mol. The highest BCUT2D eigenvalue weighted by Gasteiger charge is 2.34. The number of aliphatic hydroxyl groups is 2. The number of nitrogens with zero attached hydrogens (tertiary/aromatic N) is 4. The van der Waals surface area contributed by atoms with Crippen LogP contribution in [0.15, 0.2) is 70.0 Å². The summed E-state index contributed by atoms with van der Waals surface area (Å²) >= 11 is 1.45. The SMILES string of the molecule is Cc1nc(CN(C)C(=O)N[C@H](C(=O)N[C@@H](Cc2ccccc2)[C@H](O)CN(CC(C)C)S(=O)(=O)c2ccc(CN=O)cc2)[C@@H](C)O)cs1. The van der Waals surface area contributed by atoms with Gasteiger partial charge in [0.15, 0.2) is 0 Å². The minimum absolute atomic E-state index is 0.0162. The second-order valence-corrected chi connectivity index (χ2v) is 14.9. The Kier molecular flexibility index (Phi) is 14.0. The summed E-state index contributed by atoms with van der Waals surface area (Å²) in [6.45, 7) is 6.74. The molecule has 3 amide bonds. The Labute approximate surface area is 280 Å². The van der Waals surface area contributed by atoms with Gasteiger partial charge >= 0.3 is 6.03 Å². The number of nitrogens with one attached hydrogen (secondary N) is 2. The van der Waals surface area contributed by atoms with E-state index in [1.54, 1.807) is 19.2 Å². The molecule has 4 atom stereocenters. The van der Waals surface area contributed by atoms with Crippen LogP contribution in [-0.4, -0.2) is 89.2 Å². The van der Waals surface area contributed by atoms with Gasteiger partial charge in [-0.3, -0.25) is 4.79 Å². The van der Waals surface area contributed by atoms with E-state index in [4.69, 9.17) is 0 Å². The van der Waals surface area contributed by atoms with E-state index in [0.717, 1.165) is 10.6 Å². The second kappa shape index (κ2) is 17.4. The number of amides is 3. The van der Waals surface area contributed by atoms with Gasteiger partial charge in [-0.2, -0.15) is 9.21 Å². The number of rotatable bonds is 17. The molecule has 3 rings (SSSR count). The summed E-state index contributed by atoms with van der Waals surface area (Å²) in [6.07, 6.45) is -2.54. The van der Waals surface area contributed by atoms with Crippen LogP contribution in [-0.2, 0) is 34.3 Å². The van der Waals surface area contributed by atoms with E-state index >= 15 is 0 Å². The summed E-state index contributed by atoms with van der Waals surface area (Å²) in [6, 6.07) is 11.9. The lowest BCUT2D eigenvalue weighted by atomic mass is 10.00. The highest BCUT2D eigenvalue weighted by atomic mass is 32.2. The van der Waals surface area contributed by atoms with Gasteiger partial charge in [0.05, 0.1) is 40.4 Å². The maximum absolute atomic E-state index is 13.7. The van der Waals surface area contributed by atoms with Crippen LogP contribution in [0, 0.1) is 17.7 Å². The Balaban J connectivity index is 1.83. The van der Waals surface area contributed by atoms with Crippen molar-refractivity contribution in [2.24, 2.45) is 11.1 Å². The van der Waals surface area contributed by atoms with E-state index in [0.29, 0.717) is 11.3 Å². The van der Waals surface area contributed by atoms with Crippen molar-refractivity contribution in [1.29, 1.82) is 0 Å². The lowest BCUT2D eigenvalue weighted by Crippen LogP contribution is -2.59. The van der Waals surface area contributed by atoms with Crippen LogP contribution in [0.1, 0.15) is 42.6 Å². The standard InChI is InChI=1S/C32H44N6O7S2/c1-21(2)17-38(47(44,45)27-13-11-25(12-14-27)16-33-43)19-29(40)28(15-24-9-7-6-8-10-24)35-31(41)30(22(3)39)36-32(42)37(5)18-26-20-46-23(4)34-26/h6-14,20-22,28-30,39-40H,15-19H2,1-5H3,(H,35,41)(H,36,42)/t22-,28+,29-,30+/m1/s1. The molecule has 0 aliphatic rings. The smallest absolute Gasteiger partial charge is 0.318 e. The fourth-order valence-electron chi connectivity index (χ4n) is 4.87. The Morgan fingerprint density at radius 2 is 1.64 bits per heavy atom. The molecule has 1 heterocycles. The Bertz CT molecular complexity index is 1570. The van der Waals surface area contributed by atoms with E-state index in [1.165, 1.54) is 51.7 Å². The molecule has 0 saturated heterocycles. The van der Waals surface area contributed by atoms with Crippen molar-refractivity contribution in [3.8, 4) is 0 Å². The number of hydrogen-bond donors (Lipinski definition) is 4. The Hall–Kier alpha value is -3.76. The van der Waals surface area contributed by atoms with Crippen LogP contribution in [0.4, 0.5) is 4.79 Å². The van der Waals surface area contributed by atoms with Crippen molar-refractivity contribution < 1.29 is 28.2 Å². The van der Waals surface area contributed by atoms with Crippen LogP contribution in [0.2, 0.25) is 0 Å². The zero-order valence-electron chi connectivity index (χ0n) is 27.2. The first-order valence-corrected chi connectivity index (χ1v) is 17.5. The van der Waals surface area contributed by atoms with Crippen molar-refractivity contribution in [1.82, 2.24) is 24.8 Å². The van der Waals surface area contributed by atoms with Gasteiger partial charge in [0.25, 0.3) is 0 Å². The lowest BCUT2D eigenvalue weighted by Gasteiger charge is -2.32. The van der Waals surface area contributed by atoms with Crippen molar-refractivity contribution >= 4 is 33.3 Å². The lowest BCUT2D eigenvalue weighted by molar-refractivity contribution is -0.127. The van der Waals surface area contributed by atoms with Crippen molar-refractivity contribution in [3.05, 3.63) is 86.7 Å². The summed E-state index contributed by atoms with van der Waals surface area (Å²) in [5, 5.41) is 32.9. The first-order chi connectivity index (χ1) is 22.2. The van der Waals surface area contributed by atoms with E-state index in [1.807, 2.05) is 44.4 Å². The maximum atomic E-state index is 13.7. The third kappa shape index (κ3) is 11.2. The molecule has 256 valence electrons. The number of carbonyl (C=O) groups excluding carboxylic acids is 2. The fraction of sp³-hybridized carbons (Fsp3) is 0.469. The molecule has 13 nitrogen and oxygen atoms in total. The van der Waals surface area contributed by atoms with Gasteiger partial charge < -0.3 is 25.7 Å². The summed E-state index contributed by atoms with van der Waals surface area (Å²) in [5.41, 5.74) is 2.01. The predicted octanol–water partition coefficient (Wildman–Crippen LogP) is 3.04. The van der Waals surface area contributed by atoms with Crippen LogP contribution >= 0.6 is 11.3 Å². The van der Waals surface area contributed by atoms with Crippen molar-refractivity contribution in [2.45, 2.75) is 76.4 Å². The first kappa shape index (κ1) is 37.7. The van der Waals surface area contributed by atoms with Gasteiger partial charge in [0.1, 0.15) is 12.6 Å². The van der Waals surface area contributed by atoms with Crippen LogP contribution < -0.4 is 10.6 Å². The minimum Gasteiger partial charge on any atom is -0.391 e. The van der Waals surface area contributed by atoms with E-state index in [2.05, 4.69) is 20.8 Å². The molecule has 0 spiro atoms. The number of nitroso groups, excluding NO2 is 1. The molecule has 2 aromatic carbocycles. The molecular formula is C32H44N6O7S2. The Morgan fingerprint density at radius 1 is 0.979 bits per heavy atom. The molecule has 47 heavy (non-hydrogen) atoms. The van der Waals surface area contributed by atoms with Gasteiger partial charge in [-0.25, -0.2) is 18.2 Å². The molecule has 0 aliphatic heterocycles. The molecule has 15 heteroatoms. The third-order valence-electron chi connectivity index (χ3n) is 7.31. The van der Waals surface area contributed by atoms with Gasteiger partial charge in [0, 0.05) is 25.5 Å². The number of thiazole rings is 1. The molecule has 0 aliphatic carbocycles. The summed E-state index contributed by atoms with van der Waals surface area (Å²) in [5.74, 6) is -0.846. The van der Waals surface area contributed by atoms with E-state index in [9.17, 15) is 33.1 Å². The number of carbonyl (C=O) groups is 2. The summed E-state index contributed by atoms with van der Waals surface area (Å²) in [7, 11) is -2.55. The fourth-order valence-corrected chi connectivity index (χ4v) is 7.10. The number of hydrogen-bond acceptors (Lipinski definition) is 10. The average molecular weight is 689 g/mol. The van der Waals surface area contributed by atoms with Crippen LogP contribution in [0.5, 0.6) is 0 Å². The van der Waals surface area contributed by atoms with Gasteiger partial charge in [-0.15, -0.1) is 11.3 Å². The quantitative estimate of drug-likeness (QED) is 0.156. The van der Waals surface area contributed by atoms with Gasteiger partial charge in [-0.05, 0) is 49.4 Å². The Morgan fingerprint density at radius 3 is 2.19 bits per heavy atom. The summed E-state index contributed by atoms with van der Waals surface area (Å²) in [4.78, 5) is 42.9. The average Bonchev–Trinajstić information content (AvgIpc) is 3.43. The second-order valence-electron chi connectivity index (χ2n) is 11.9. The molecule has 0 unspecified atom stereocenters. The van der Waals surface area contributed by atoms with E-state index in [-0.39, 0.29) is 43.4 Å². The minimum atomic E-state index is -4.09. The highest BCUT2D eigenvalue weighted by Crippen LogP contribution is 2.20. The largest absolute Gasteiger partial charge is 0.391 e. The number of urea groups is 1. The normalized spacial score (nSPS) is 14.3. The molecule has 0 radical (unpaired) electrons. The third-order valence-corrected chi connectivity index (χ3v) is 9.98. The van der Waals surface area contributed by atoms with Crippen molar-refractivity contribution in [2.75, 3.05) is 20.1 Å². The maximum Gasteiger partial charge on any atom is 0.318 e. The highest BCUT2D eigenvalue weighted by molar-refractivity contribution is 7.89. The van der Waals surface area contributed by atoms with Gasteiger partial charge in [0.2, 0.25) is 15.9 Å².